The Morgan fingerprint density at radius 3 is 2.57 bits per heavy atom. The SMILES string of the molecule is COC(=O)c1cc(Cl)c(C)cn1.[B]C. The fourth-order valence-electron chi connectivity index (χ4n) is 0.715. The van der Waals surface area contributed by atoms with Gasteiger partial charge < -0.3 is 4.74 Å². The molecule has 2 radical (unpaired) electrons. The van der Waals surface area contributed by atoms with Crippen molar-refractivity contribution in [3.8, 4) is 0 Å². The summed E-state index contributed by atoms with van der Waals surface area (Å²) in [4.78, 5) is 14.8. The van der Waals surface area contributed by atoms with E-state index in [1.807, 2.05) is 6.92 Å². The third-order valence-corrected chi connectivity index (χ3v) is 1.84. The number of pyridine rings is 1. The van der Waals surface area contributed by atoms with E-state index < -0.39 is 5.97 Å². The zero-order valence-corrected chi connectivity index (χ0v) is 9.13. The normalized spacial score (nSPS) is 8.57. The van der Waals surface area contributed by atoms with Gasteiger partial charge in [0.15, 0.2) is 0 Å². The second kappa shape index (κ2) is 6.43. The van der Waals surface area contributed by atoms with Crippen LogP contribution in [0.15, 0.2) is 12.3 Å². The summed E-state index contributed by atoms with van der Waals surface area (Å²) in [5, 5.41) is 0.519. The molecule has 74 valence electrons. The number of carbonyl (C=O) groups excluding carboxylic acids is 1. The first kappa shape index (κ1) is 13.0. The quantitative estimate of drug-likeness (QED) is 0.527. The van der Waals surface area contributed by atoms with E-state index in [9.17, 15) is 4.79 Å². The van der Waals surface area contributed by atoms with Gasteiger partial charge in [0.25, 0.3) is 0 Å². The van der Waals surface area contributed by atoms with Gasteiger partial charge in [-0.1, -0.05) is 18.4 Å². The molecule has 0 bridgehead atoms. The van der Waals surface area contributed by atoms with Crippen molar-refractivity contribution in [3.05, 3.63) is 28.5 Å². The van der Waals surface area contributed by atoms with E-state index in [-0.39, 0.29) is 5.69 Å². The summed E-state index contributed by atoms with van der Waals surface area (Å²) in [5.74, 6) is -0.475. The van der Waals surface area contributed by atoms with E-state index in [1.54, 1.807) is 0 Å². The molecule has 0 fully saturated rings. The molecule has 0 aromatic carbocycles. The van der Waals surface area contributed by atoms with Gasteiger partial charge in [-0.25, -0.2) is 9.78 Å². The Hall–Kier alpha value is -1.03. The predicted octanol–water partition coefficient (Wildman–Crippen LogP) is 2.03. The lowest BCUT2D eigenvalue weighted by molar-refractivity contribution is 0.0594. The van der Waals surface area contributed by atoms with Crippen LogP contribution in [0.4, 0.5) is 0 Å². The van der Waals surface area contributed by atoms with Gasteiger partial charge in [0.1, 0.15) is 5.69 Å². The Labute approximate surface area is 89.8 Å². The van der Waals surface area contributed by atoms with Crippen LogP contribution < -0.4 is 0 Å². The molecule has 14 heavy (non-hydrogen) atoms. The van der Waals surface area contributed by atoms with E-state index in [2.05, 4.69) is 17.6 Å². The minimum absolute atomic E-state index is 0.230. The van der Waals surface area contributed by atoms with E-state index in [0.29, 0.717) is 5.02 Å². The largest absolute Gasteiger partial charge is 0.464 e. The Kier molecular flexibility index (Phi) is 5.96. The number of esters is 1. The summed E-state index contributed by atoms with van der Waals surface area (Å²) in [5.41, 5.74) is 1.07. The molecule has 0 aliphatic rings. The van der Waals surface area contributed by atoms with Crippen LogP contribution >= 0.6 is 11.6 Å². The first-order chi connectivity index (χ1) is 6.65. The summed E-state index contributed by atoms with van der Waals surface area (Å²) >= 11 is 5.77. The van der Waals surface area contributed by atoms with Crippen LogP contribution in [0.1, 0.15) is 16.1 Å². The van der Waals surface area contributed by atoms with Gasteiger partial charge in [0.05, 0.1) is 15.0 Å². The smallest absolute Gasteiger partial charge is 0.356 e. The second-order valence-corrected chi connectivity index (χ2v) is 2.72. The molecule has 0 N–H and O–H groups in total. The van der Waals surface area contributed by atoms with Crippen LogP contribution in [0.25, 0.3) is 0 Å². The minimum Gasteiger partial charge on any atom is -0.464 e. The highest BCUT2D eigenvalue weighted by atomic mass is 35.5. The number of hydrogen-bond acceptors (Lipinski definition) is 3. The van der Waals surface area contributed by atoms with E-state index >= 15 is 0 Å². The van der Waals surface area contributed by atoms with E-state index in [1.165, 1.54) is 26.2 Å². The molecule has 0 saturated carbocycles. The highest BCUT2D eigenvalue weighted by Crippen LogP contribution is 2.14. The number of carbonyl (C=O) groups is 1. The summed E-state index contributed by atoms with van der Waals surface area (Å²) in [6.07, 6.45) is 1.54. The van der Waals surface area contributed by atoms with Crippen molar-refractivity contribution in [1.29, 1.82) is 0 Å². The number of aromatic nitrogens is 1. The molecule has 0 atom stereocenters. The average molecular weight is 211 g/mol. The van der Waals surface area contributed by atoms with E-state index in [4.69, 9.17) is 11.6 Å². The van der Waals surface area contributed by atoms with Gasteiger partial charge in [0.2, 0.25) is 0 Å². The maximum absolute atomic E-state index is 10.9. The molecule has 5 heteroatoms. The topological polar surface area (TPSA) is 39.2 Å². The number of halogens is 1. The average Bonchev–Trinajstić information content (AvgIpc) is 2.24. The molecule has 1 rings (SSSR count). The molecular formula is C9H11BClNO2. The summed E-state index contributed by atoms with van der Waals surface area (Å²) < 4.78 is 4.47. The van der Waals surface area contributed by atoms with Crippen molar-refractivity contribution in [2.45, 2.75) is 13.7 Å². The van der Waals surface area contributed by atoms with Crippen LogP contribution in [0.5, 0.6) is 0 Å². The van der Waals surface area contributed by atoms with Gasteiger partial charge in [-0.3, -0.25) is 0 Å². The number of rotatable bonds is 1. The highest BCUT2D eigenvalue weighted by Gasteiger charge is 2.07. The lowest BCUT2D eigenvalue weighted by Gasteiger charge is -2.00. The van der Waals surface area contributed by atoms with Gasteiger partial charge in [0, 0.05) is 11.2 Å². The van der Waals surface area contributed by atoms with Gasteiger partial charge in [-0.15, -0.1) is 0 Å². The molecule has 0 aliphatic heterocycles. The monoisotopic (exact) mass is 211 g/mol. The molecule has 0 saturated heterocycles. The number of methoxy groups -OCH3 is 1. The minimum atomic E-state index is -0.475. The standard InChI is InChI=1S/C8H8ClNO2.CH3B/c1-5-4-10-7(3-6(5)9)8(11)12-2;1-2/h3-4H,1-2H3;1H3. The third kappa shape index (κ3) is 3.38. The van der Waals surface area contributed by atoms with Crippen LogP contribution in [-0.2, 0) is 4.74 Å². The van der Waals surface area contributed by atoms with Crippen molar-refractivity contribution in [2.24, 2.45) is 0 Å². The van der Waals surface area contributed by atoms with Crippen LogP contribution in [-0.4, -0.2) is 25.9 Å². The van der Waals surface area contributed by atoms with Crippen molar-refractivity contribution in [1.82, 2.24) is 4.98 Å². The predicted molar refractivity (Wildman–Crippen MR) is 56.9 cm³/mol. The fourth-order valence-corrected chi connectivity index (χ4v) is 0.868. The van der Waals surface area contributed by atoms with Gasteiger partial charge >= 0.3 is 5.97 Å². The van der Waals surface area contributed by atoms with Crippen molar-refractivity contribution >= 4 is 25.4 Å². The van der Waals surface area contributed by atoms with Crippen molar-refractivity contribution in [3.63, 3.8) is 0 Å². The number of hydrogen-bond donors (Lipinski definition) is 0. The molecular weight excluding hydrogens is 200 g/mol. The van der Waals surface area contributed by atoms with Crippen LogP contribution in [0, 0.1) is 6.92 Å². The molecule has 0 unspecified atom stereocenters. The lowest BCUT2D eigenvalue weighted by atomic mass is 10.2. The van der Waals surface area contributed by atoms with E-state index in [0.717, 1.165) is 5.56 Å². The summed E-state index contributed by atoms with van der Waals surface area (Å²) in [6, 6.07) is 1.49. The molecule has 0 aliphatic carbocycles. The first-order valence-corrected chi connectivity index (χ1v) is 4.31. The maximum atomic E-state index is 10.9. The summed E-state index contributed by atoms with van der Waals surface area (Å²) in [7, 11) is 5.80. The van der Waals surface area contributed by atoms with Gasteiger partial charge in [-0.05, 0) is 18.6 Å². The number of aryl methyl sites for hydroxylation is 1. The number of nitrogens with zero attached hydrogens (tertiary/aromatic N) is 1. The first-order valence-electron chi connectivity index (χ1n) is 3.93. The Balaban J connectivity index is 0.000000791. The number of ether oxygens (including phenoxy) is 1. The molecule has 1 aromatic rings. The van der Waals surface area contributed by atoms with Crippen molar-refractivity contribution < 1.29 is 9.53 Å². The molecule has 0 amide bonds. The highest BCUT2D eigenvalue weighted by molar-refractivity contribution is 6.31. The van der Waals surface area contributed by atoms with Gasteiger partial charge in [-0.2, -0.15) is 0 Å². The zero-order chi connectivity index (χ0) is 11.1. The Bertz CT molecular complexity index is 318. The van der Waals surface area contributed by atoms with Crippen LogP contribution in [0.2, 0.25) is 11.8 Å². The molecule has 1 heterocycles. The second-order valence-electron chi connectivity index (χ2n) is 2.31. The zero-order valence-electron chi connectivity index (χ0n) is 8.37. The Morgan fingerprint density at radius 1 is 1.57 bits per heavy atom. The fraction of sp³-hybridized carbons (Fsp3) is 0.333. The van der Waals surface area contributed by atoms with Crippen LogP contribution in [0.3, 0.4) is 0 Å². The van der Waals surface area contributed by atoms with Crippen molar-refractivity contribution in [2.75, 3.05) is 7.11 Å². The molecule has 3 nitrogen and oxygen atoms in total. The molecule has 1 aromatic heterocycles. The third-order valence-electron chi connectivity index (χ3n) is 1.43. The Morgan fingerprint density at radius 2 is 2.14 bits per heavy atom. The molecule has 0 spiro atoms. The maximum Gasteiger partial charge on any atom is 0.356 e. The lowest BCUT2D eigenvalue weighted by Crippen LogP contribution is -2.03. The summed E-state index contributed by atoms with van der Waals surface area (Å²) in [6.45, 7) is 3.32.